The molecule has 66 valence electrons. The van der Waals surface area contributed by atoms with E-state index in [2.05, 4.69) is 10.7 Å². The van der Waals surface area contributed by atoms with Crippen LogP contribution in [0.5, 0.6) is 0 Å². The maximum absolute atomic E-state index is 12.1. The van der Waals surface area contributed by atoms with Crippen LogP contribution in [0.1, 0.15) is 11.1 Å². The minimum Gasteiger partial charge on any atom is -0.211 e. The summed E-state index contributed by atoms with van der Waals surface area (Å²) < 4.78 is 36.2. The fraction of sp³-hybridized carbons (Fsp3) is 0.111. The van der Waals surface area contributed by atoms with Gasteiger partial charge in [0.05, 0.1) is 5.56 Å². The van der Waals surface area contributed by atoms with Gasteiger partial charge in [-0.05, 0) is 24.3 Å². The van der Waals surface area contributed by atoms with E-state index in [1.54, 1.807) is 0 Å². The zero-order valence-corrected chi connectivity index (χ0v) is 8.94. The maximum Gasteiger partial charge on any atom is 0.416 e. The fourth-order valence-electron chi connectivity index (χ4n) is 0.887. The Labute approximate surface area is 82.2 Å². The largest absolute Gasteiger partial charge is 0.416 e. The van der Waals surface area contributed by atoms with Crippen molar-refractivity contribution in [2.45, 2.75) is 6.18 Å². The zero-order valence-electron chi connectivity index (χ0n) is 6.94. The standard InChI is InChI=1S/C9H4F3.Al.2H/c1-2-7-3-5-8(6-4-7)9(10,11)12;;;/h3-6H;;;. The highest BCUT2D eigenvalue weighted by atomic mass is 27.0. The Hall–Kier alpha value is -0.898. The molecule has 1 aromatic rings. The van der Waals surface area contributed by atoms with E-state index in [0.717, 1.165) is 28.4 Å². The third-order valence-electron chi connectivity index (χ3n) is 1.48. The van der Waals surface area contributed by atoms with Crippen LogP contribution in [0.15, 0.2) is 24.3 Å². The Bertz CT molecular complexity index is 340. The van der Waals surface area contributed by atoms with Crippen LogP contribution in [0.3, 0.4) is 0 Å². The summed E-state index contributed by atoms with van der Waals surface area (Å²) in [4.78, 5) is 2.75. The second-order valence-corrected chi connectivity index (χ2v) is 2.95. The molecule has 0 nitrogen and oxygen atoms in total. The number of rotatable bonds is 0. The molecule has 0 spiro atoms. The van der Waals surface area contributed by atoms with Gasteiger partial charge in [0.1, 0.15) is 0 Å². The summed E-state index contributed by atoms with van der Waals surface area (Å²) >= 11 is 0.730. The molecule has 0 heterocycles. The summed E-state index contributed by atoms with van der Waals surface area (Å²) in [5.74, 6) is 2.73. The minimum absolute atomic E-state index is 0.628. The van der Waals surface area contributed by atoms with E-state index in [0.29, 0.717) is 5.56 Å². The molecule has 1 aromatic carbocycles. The second kappa shape index (κ2) is 3.87. The van der Waals surface area contributed by atoms with Crippen LogP contribution in [0.2, 0.25) is 0 Å². The number of hydrogen-bond acceptors (Lipinski definition) is 0. The maximum atomic E-state index is 12.1. The average molecular weight is 198 g/mol. The fourth-order valence-corrected chi connectivity index (χ4v) is 1.18. The Morgan fingerprint density at radius 3 is 2.00 bits per heavy atom. The van der Waals surface area contributed by atoms with Crippen molar-refractivity contribution in [2.75, 3.05) is 0 Å². The van der Waals surface area contributed by atoms with Gasteiger partial charge in [-0.25, -0.2) is 4.78 Å². The summed E-state index contributed by atoms with van der Waals surface area (Å²) in [6.45, 7) is 0. The van der Waals surface area contributed by atoms with E-state index < -0.39 is 11.7 Å². The van der Waals surface area contributed by atoms with Crippen molar-refractivity contribution in [3.63, 3.8) is 0 Å². The minimum atomic E-state index is -4.26. The molecule has 0 aliphatic carbocycles. The SMILES string of the molecule is FC(F)(F)c1ccc(C#[C][AlH2])cc1. The zero-order chi connectivity index (χ0) is 9.90. The molecule has 0 N–H and O–H groups in total. The van der Waals surface area contributed by atoms with Crippen molar-refractivity contribution in [1.82, 2.24) is 0 Å². The third kappa shape index (κ3) is 2.81. The Kier molecular flexibility index (Phi) is 3.04. The van der Waals surface area contributed by atoms with Gasteiger partial charge < -0.3 is 0 Å². The number of halogens is 3. The molecule has 0 aromatic heterocycles. The normalized spacial score (nSPS) is 10.4. The monoisotopic (exact) mass is 198 g/mol. The van der Waals surface area contributed by atoms with Gasteiger partial charge in [-0.3, -0.25) is 0 Å². The third-order valence-corrected chi connectivity index (χ3v) is 1.73. The van der Waals surface area contributed by atoms with Crippen LogP contribution in [0.25, 0.3) is 0 Å². The van der Waals surface area contributed by atoms with Gasteiger partial charge in [0.2, 0.25) is 0 Å². The van der Waals surface area contributed by atoms with Crippen molar-refractivity contribution in [3.05, 3.63) is 35.4 Å². The number of alkyl halides is 3. The highest BCUT2D eigenvalue weighted by Gasteiger charge is 2.29. The first-order chi connectivity index (χ1) is 6.04. The van der Waals surface area contributed by atoms with Gasteiger partial charge in [-0.1, -0.05) is 5.92 Å². The Balaban J connectivity index is 2.98. The van der Waals surface area contributed by atoms with Gasteiger partial charge in [-0.2, -0.15) is 13.2 Å². The molecule has 1 rings (SSSR count). The van der Waals surface area contributed by atoms with E-state index in [-0.39, 0.29) is 0 Å². The molecular weight excluding hydrogens is 192 g/mol. The van der Waals surface area contributed by atoms with Crippen molar-refractivity contribution in [2.24, 2.45) is 0 Å². The first kappa shape index (κ1) is 10.2. The molecule has 13 heavy (non-hydrogen) atoms. The van der Waals surface area contributed by atoms with Crippen LogP contribution in [-0.4, -0.2) is 16.3 Å². The summed E-state index contributed by atoms with van der Waals surface area (Å²) in [5, 5.41) is 0. The average Bonchev–Trinajstić information content (AvgIpc) is 2.04. The summed E-state index contributed by atoms with van der Waals surface area (Å²) in [6, 6.07) is 4.85. The lowest BCUT2D eigenvalue weighted by Gasteiger charge is -2.05. The summed E-state index contributed by atoms with van der Waals surface area (Å²) in [5.41, 5.74) is -0.00519. The molecule has 4 heteroatoms. The lowest BCUT2D eigenvalue weighted by atomic mass is 10.1. The summed E-state index contributed by atoms with van der Waals surface area (Å²) in [7, 11) is 0. The van der Waals surface area contributed by atoms with Crippen LogP contribution in [0.4, 0.5) is 13.2 Å². The lowest BCUT2D eigenvalue weighted by molar-refractivity contribution is -0.137. The predicted molar refractivity (Wildman–Crippen MR) is 46.9 cm³/mol. The second-order valence-electron chi connectivity index (χ2n) is 2.45. The summed E-state index contributed by atoms with van der Waals surface area (Å²) in [6.07, 6.45) is -4.26. The Morgan fingerprint density at radius 1 is 1.08 bits per heavy atom. The van der Waals surface area contributed by atoms with E-state index >= 15 is 0 Å². The highest BCUT2D eigenvalue weighted by molar-refractivity contribution is 6.22. The van der Waals surface area contributed by atoms with E-state index in [1.165, 1.54) is 12.1 Å². The first-order valence-corrected chi connectivity index (χ1v) is 4.64. The van der Waals surface area contributed by atoms with Crippen LogP contribution in [-0.2, 0) is 6.18 Å². The van der Waals surface area contributed by atoms with Gasteiger partial charge >= 0.3 is 22.5 Å². The molecule has 0 bridgehead atoms. The molecule has 0 unspecified atom stereocenters. The number of hydrogen-bond donors (Lipinski definition) is 0. The molecule has 0 fully saturated rings. The molecule has 0 aliphatic heterocycles. The van der Waals surface area contributed by atoms with Crippen LogP contribution >= 0.6 is 0 Å². The molecule has 0 amide bonds. The topological polar surface area (TPSA) is 0 Å². The van der Waals surface area contributed by atoms with Gasteiger partial charge in [0.15, 0.2) is 0 Å². The smallest absolute Gasteiger partial charge is 0.211 e. The quantitative estimate of drug-likeness (QED) is 0.439. The van der Waals surface area contributed by atoms with Crippen molar-refractivity contribution < 1.29 is 13.2 Å². The lowest BCUT2D eigenvalue weighted by Crippen LogP contribution is -2.04. The highest BCUT2D eigenvalue weighted by Crippen LogP contribution is 2.28. The number of benzene rings is 1. The van der Waals surface area contributed by atoms with E-state index in [1.807, 2.05) is 0 Å². The van der Waals surface area contributed by atoms with Crippen molar-refractivity contribution in [1.29, 1.82) is 0 Å². The molecule has 0 atom stereocenters. The van der Waals surface area contributed by atoms with Gasteiger partial charge in [0, 0.05) is 5.56 Å². The first-order valence-electron chi connectivity index (χ1n) is 3.64. The van der Waals surface area contributed by atoms with Crippen molar-refractivity contribution >= 4 is 16.3 Å². The molecule has 0 aliphatic rings. The van der Waals surface area contributed by atoms with Crippen molar-refractivity contribution in [3.8, 4) is 10.7 Å². The van der Waals surface area contributed by atoms with Crippen LogP contribution < -0.4 is 0 Å². The Morgan fingerprint density at radius 2 is 1.62 bits per heavy atom. The van der Waals surface area contributed by atoms with Gasteiger partial charge in [-0.15, -0.1) is 0 Å². The molecule has 0 saturated heterocycles. The molecule has 0 radical (unpaired) electrons. The molecule has 0 saturated carbocycles. The van der Waals surface area contributed by atoms with Gasteiger partial charge in [0.25, 0.3) is 0 Å². The van der Waals surface area contributed by atoms with Crippen LogP contribution in [0, 0.1) is 10.7 Å². The predicted octanol–water partition coefficient (Wildman–Crippen LogP) is 1.65. The van der Waals surface area contributed by atoms with E-state index in [4.69, 9.17) is 0 Å². The van der Waals surface area contributed by atoms with E-state index in [9.17, 15) is 13.2 Å². The molecular formula is C9H6AlF3.